The molecule has 4 rings (SSSR count). The summed E-state index contributed by atoms with van der Waals surface area (Å²) < 4.78 is 23.4. The van der Waals surface area contributed by atoms with Gasteiger partial charge in [0.1, 0.15) is 23.4 Å². The van der Waals surface area contributed by atoms with Crippen molar-refractivity contribution in [2.24, 2.45) is 5.73 Å². The molecule has 1 saturated heterocycles. The monoisotopic (exact) mass is 488 g/mol. The number of nitrogens with two attached hydrogens (primary N) is 1. The number of amides is 2. The number of carbonyl (C=O) groups is 2. The average Bonchev–Trinajstić information content (AvgIpc) is 3.56. The molecular weight excluding hydrogens is 451 g/mol. The van der Waals surface area contributed by atoms with Gasteiger partial charge in [0.2, 0.25) is 0 Å². The zero-order chi connectivity index (χ0) is 25.6. The lowest BCUT2D eigenvalue weighted by Crippen LogP contribution is -2.29. The van der Waals surface area contributed by atoms with E-state index in [4.69, 9.17) is 15.2 Å². The molecule has 2 aromatic rings. The van der Waals surface area contributed by atoms with Gasteiger partial charge in [0.05, 0.1) is 12.2 Å². The number of rotatable bonds is 8. The Labute approximate surface area is 206 Å². The fraction of sp³-hybridized carbons (Fsp3) is 0.500. The summed E-state index contributed by atoms with van der Waals surface area (Å²) in [6.45, 7) is 6.97. The number of nitrogens with zero attached hydrogens (tertiary/aromatic N) is 1. The summed E-state index contributed by atoms with van der Waals surface area (Å²) in [5.41, 5.74) is 6.17. The molecule has 8 nitrogen and oxygen atoms in total. The van der Waals surface area contributed by atoms with Crippen LogP contribution >= 0.6 is 0 Å². The first-order valence-corrected chi connectivity index (χ1v) is 12.3. The number of pyridine rings is 1. The Kier molecular flexibility index (Phi) is 12.1. The highest BCUT2D eigenvalue weighted by Crippen LogP contribution is 2.26. The number of hydrogen-bond donors (Lipinski definition) is 3. The van der Waals surface area contributed by atoms with Crippen molar-refractivity contribution in [3.8, 4) is 5.75 Å². The summed E-state index contributed by atoms with van der Waals surface area (Å²) in [5, 5.41) is 5.49. The van der Waals surface area contributed by atoms with Gasteiger partial charge in [-0.15, -0.1) is 0 Å². The second-order valence-electron chi connectivity index (χ2n) is 8.10. The molecule has 0 radical (unpaired) electrons. The summed E-state index contributed by atoms with van der Waals surface area (Å²) in [4.78, 5) is 28.0. The molecule has 1 aliphatic heterocycles. The molecular formula is C26H37FN4O4. The highest BCUT2D eigenvalue weighted by atomic mass is 19.1. The molecule has 2 amide bonds. The van der Waals surface area contributed by atoms with Crippen molar-refractivity contribution in [2.45, 2.75) is 71.2 Å². The lowest BCUT2D eigenvalue weighted by Gasteiger charge is -2.12. The Balaban J connectivity index is 0.000000276. The largest absolute Gasteiger partial charge is 0.490 e. The van der Waals surface area contributed by atoms with E-state index in [0.717, 1.165) is 19.3 Å². The number of anilines is 1. The summed E-state index contributed by atoms with van der Waals surface area (Å²) in [5.74, 6) is -0.0593. The molecule has 2 heterocycles. The summed E-state index contributed by atoms with van der Waals surface area (Å²) in [7, 11) is 0. The van der Waals surface area contributed by atoms with Gasteiger partial charge in [-0.25, -0.2) is 4.39 Å². The summed E-state index contributed by atoms with van der Waals surface area (Å²) in [6.07, 6.45) is 6.03. The van der Waals surface area contributed by atoms with E-state index in [-0.39, 0.29) is 29.4 Å². The van der Waals surface area contributed by atoms with Crippen molar-refractivity contribution < 1.29 is 23.5 Å². The molecule has 4 N–H and O–H groups in total. The minimum atomic E-state index is -0.426. The van der Waals surface area contributed by atoms with E-state index >= 15 is 0 Å². The van der Waals surface area contributed by atoms with Crippen molar-refractivity contribution in [3.63, 3.8) is 0 Å². The first kappa shape index (κ1) is 28.2. The highest BCUT2D eigenvalue weighted by Gasteiger charge is 2.28. The van der Waals surface area contributed by atoms with E-state index in [0.29, 0.717) is 43.5 Å². The number of ether oxygens (including phenoxy) is 2. The van der Waals surface area contributed by atoms with Crippen LogP contribution in [0.4, 0.5) is 10.1 Å². The fourth-order valence-electron chi connectivity index (χ4n) is 3.16. The van der Waals surface area contributed by atoms with E-state index in [1.54, 1.807) is 24.3 Å². The number of aromatic nitrogens is 1. The maximum absolute atomic E-state index is 12.6. The van der Waals surface area contributed by atoms with Crippen LogP contribution in [0.5, 0.6) is 5.75 Å². The fourth-order valence-corrected chi connectivity index (χ4v) is 3.16. The maximum atomic E-state index is 12.6. The molecule has 1 saturated carbocycles. The van der Waals surface area contributed by atoms with Gasteiger partial charge >= 0.3 is 0 Å². The van der Waals surface area contributed by atoms with E-state index in [9.17, 15) is 14.0 Å². The molecule has 2 aliphatic rings. The van der Waals surface area contributed by atoms with Crippen LogP contribution in [-0.2, 0) is 9.53 Å². The second-order valence-corrected chi connectivity index (χ2v) is 8.10. The lowest BCUT2D eigenvalue weighted by molar-refractivity contribution is -0.126. The van der Waals surface area contributed by atoms with Crippen LogP contribution in [0.2, 0.25) is 0 Å². The van der Waals surface area contributed by atoms with Crippen molar-refractivity contribution >= 4 is 17.5 Å². The molecule has 1 aromatic carbocycles. The van der Waals surface area contributed by atoms with E-state index < -0.39 is 6.10 Å². The van der Waals surface area contributed by atoms with Crippen molar-refractivity contribution in [1.29, 1.82) is 0 Å². The third kappa shape index (κ3) is 10.4. The number of halogens is 1. The number of hydrogen-bond acceptors (Lipinski definition) is 6. The maximum Gasteiger partial charge on any atom is 0.269 e. The molecule has 1 aliphatic carbocycles. The summed E-state index contributed by atoms with van der Waals surface area (Å²) >= 11 is 0. The average molecular weight is 489 g/mol. The molecule has 9 heteroatoms. The predicted molar refractivity (Wildman–Crippen MR) is 134 cm³/mol. The molecule has 2 fully saturated rings. The first-order chi connectivity index (χ1) is 16.9. The first-order valence-electron chi connectivity index (χ1n) is 12.3. The van der Waals surface area contributed by atoms with Gasteiger partial charge in [-0.3, -0.25) is 14.6 Å². The van der Waals surface area contributed by atoms with Crippen LogP contribution in [0.1, 0.15) is 63.4 Å². The van der Waals surface area contributed by atoms with Crippen molar-refractivity contribution in [2.75, 3.05) is 18.4 Å². The molecule has 0 spiro atoms. The normalized spacial score (nSPS) is 18.3. The Morgan fingerprint density at radius 3 is 2.57 bits per heavy atom. The van der Waals surface area contributed by atoms with Crippen LogP contribution in [0.15, 0.2) is 42.6 Å². The van der Waals surface area contributed by atoms with Gasteiger partial charge < -0.3 is 25.8 Å². The predicted octanol–water partition coefficient (Wildman–Crippen LogP) is 4.06. The van der Waals surface area contributed by atoms with Gasteiger partial charge in [0.25, 0.3) is 11.8 Å². The zero-order valence-electron chi connectivity index (χ0n) is 20.8. The minimum Gasteiger partial charge on any atom is -0.490 e. The molecule has 2 atom stereocenters. The van der Waals surface area contributed by atoms with Crippen molar-refractivity contribution in [1.82, 2.24) is 10.3 Å². The zero-order valence-corrected chi connectivity index (χ0v) is 20.8. The number of carbonyl (C=O) groups excluding carboxylic acids is 2. The minimum absolute atomic E-state index is 0.108. The van der Waals surface area contributed by atoms with Crippen LogP contribution < -0.4 is 21.1 Å². The lowest BCUT2D eigenvalue weighted by atomic mass is 10.2. The van der Waals surface area contributed by atoms with Gasteiger partial charge in [0, 0.05) is 24.5 Å². The van der Waals surface area contributed by atoms with E-state index in [2.05, 4.69) is 15.6 Å². The van der Waals surface area contributed by atoms with Gasteiger partial charge in [0.15, 0.2) is 0 Å². The molecule has 192 valence electrons. The Morgan fingerprint density at radius 1 is 1.17 bits per heavy atom. The third-order valence-corrected chi connectivity index (χ3v) is 5.07. The third-order valence-electron chi connectivity index (χ3n) is 5.07. The van der Waals surface area contributed by atoms with Gasteiger partial charge in [-0.05, 0) is 69.8 Å². The van der Waals surface area contributed by atoms with E-state index in [1.165, 1.54) is 18.3 Å². The summed E-state index contributed by atoms with van der Waals surface area (Å²) in [6, 6.07) is 9.47. The van der Waals surface area contributed by atoms with Crippen LogP contribution in [0, 0.1) is 5.82 Å². The SMILES string of the molecule is CC.CC1CCC(C(=O)Nc2ccnc(C(=O)NCCCN)c2)O1.Fc1cccc(OC2CC2)c1. The van der Waals surface area contributed by atoms with Crippen LogP contribution in [0.3, 0.4) is 0 Å². The molecule has 35 heavy (non-hydrogen) atoms. The number of benzene rings is 1. The Hall–Kier alpha value is -3.04. The Morgan fingerprint density at radius 2 is 1.94 bits per heavy atom. The van der Waals surface area contributed by atoms with Crippen LogP contribution in [-0.4, -0.2) is 48.2 Å². The number of nitrogens with one attached hydrogen (secondary N) is 2. The van der Waals surface area contributed by atoms with E-state index in [1.807, 2.05) is 20.8 Å². The molecule has 1 aromatic heterocycles. The van der Waals surface area contributed by atoms with Crippen molar-refractivity contribution in [3.05, 3.63) is 54.1 Å². The molecule has 0 bridgehead atoms. The second kappa shape index (κ2) is 15.1. The quantitative estimate of drug-likeness (QED) is 0.483. The van der Waals surface area contributed by atoms with Gasteiger partial charge in [-0.1, -0.05) is 19.9 Å². The van der Waals surface area contributed by atoms with Gasteiger partial charge in [-0.2, -0.15) is 0 Å². The topological polar surface area (TPSA) is 116 Å². The van der Waals surface area contributed by atoms with Crippen LogP contribution in [0.25, 0.3) is 0 Å². The Bertz CT molecular complexity index is 939. The highest BCUT2D eigenvalue weighted by molar-refractivity contribution is 5.97. The smallest absolute Gasteiger partial charge is 0.269 e. The molecule has 2 unspecified atom stereocenters. The standard InChI is InChI=1S/C15H22N4O3.C9H9FO.C2H6/c1-10-3-4-13(22-10)15(21)19-11-5-8-17-12(9-11)14(20)18-7-2-6-16;10-7-2-1-3-9(6-7)11-8-4-5-8;1-2/h5,8-10,13H,2-4,6-7,16H2,1H3,(H,18,20)(H,17,19,21);1-3,6,8H,4-5H2;1-2H3.